The number of hydrogen-bond acceptors (Lipinski definition) is 3. The Kier molecular flexibility index (Phi) is 4.32. The summed E-state index contributed by atoms with van der Waals surface area (Å²) in [6.07, 6.45) is -8.38. The number of benzene rings is 1. The molecule has 1 aromatic carbocycles. The molecule has 0 radical (unpaired) electrons. The van der Waals surface area contributed by atoms with Gasteiger partial charge < -0.3 is 5.32 Å². The summed E-state index contributed by atoms with van der Waals surface area (Å²) in [5.74, 6) is -0.683. The molecule has 0 aliphatic rings. The van der Waals surface area contributed by atoms with Crippen molar-refractivity contribution in [1.29, 1.82) is 0 Å². The highest BCUT2D eigenvalue weighted by atomic mass is 19.4. The molecule has 0 atom stereocenters. The van der Waals surface area contributed by atoms with Crippen molar-refractivity contribution in [2.75, 3.05) is 5.32 Å². The summed E-state index contributed by atoms with van der Waals surface area (Å²) in [5, 5.41) is 6.03. The number of hydrogen-bond donors (Lipinski definition) is 1. The van der Waals surface area contributed by atoms with E-state index in [-0.39, 0.29) is 22.6 Å². The topological polar surface area (TPSA) is 59.3 Å². The zero-order valence-electron chi connectivity index (χ0n) is 13.5. The highest BCUT2D eigenvalue weighted by Crippen LogP contribution is 2.38. The third-order valence-corrected chi connectivity index (χ3v) is 3.64. The molecule has 0 bridgehead atoms. The molecule has 1 N–H and O–H groups in total. The first-order valence-electron chi connectivity index (χ1n) is 7.37. The van der Waals surface area contributed by atoms with E-state index >= 15 is 0 Å². The van der Waals surface area contributed by atoms with E-state index in [0.29, 0.717) is 12.1 Å². The van der Waals surface area contributed by atoms with Gasteiger partial charge in [-0.1, -0.05) is 6.07 Å². The van der Waals surface area contributed by atoms with Gasteiger partial charge in [0.2, 0.25) is 5.91 Å². The van der Waals surface area contributed by atoms with Gasteiger partial charge in [0.15, 0.2) is 5.65 Å². The van der Waals surface area contributed by atoms with E-state index in [1.165, 1.54) is 0 Å². The summed E-state index contributed by atoms with van der Waals surface area (Å²) < 4.78 is 79.5. The minimum Gasteiger partial charge on any atom is -0.326 e. The van der Waals surface area contributed by atoms with Gasteiger partial charge in [0.05, 0.1) is 22.5 Å². The Balaban J connectivity index is 2.29. The standard InChI is InChI=1S/C16H10F6N4O/c1-8(27)25-12-4-9(15(17,18)19)2-3-11(12)13-5-10(16(20,21)22)6-14-23-7-24-26(13)14/h2-7H,1H3,(H,25,27). The summed E-state index contributed by atoms with van der Waals surface area (Å²) in [7, 11) is 0. The fraction of sp³-hybridized carbons (Fsp3) is 0.188. The van der Waals surface area contributed by atoms with E-state index in [4.69, 9.17) is 0 Å². The van der Waals surface area contributed by atoms with Crippen LogP contribution in [0.5, 0.6) is 0 Å². The average Bonchev–Trinajstić information content (AvgIpc) is 3.00. The van der Waals surface area contributed by atoms with Crippen LogP contribution in [0.2, 0.25) is 0 Å². The molecule has 0 spiro atoms. The van der Waals surface area contributed by atoms with Gasteiger partial charge in [-0.05, 0) is 24.3 Å². The number of amides is 1. The fourth-order valence-corrected chi connectivity index (χ4v) is 2.52. The van der Waals surface area contributed by atoms with Crippen molar-refractivity contribution in [2.24, 2.45) is 0 Å². The van der Waals surface area contributed by atoms with Crippen molar-refractivity contribution >= 4 is 17.2 Å². The first kappa shape index (κ1) is 18.7. The first-order valence-corrected chi connectivity index (χ1v) is 7.37. The van der Waals surface area contributed by atoms with Gasteiger partial charge in [-0.2, -0.15) is 31.4 Å². The number of nitrogens with zero attached hydrogens (tertiary/aromatic N) is 3. The van der Waals surface area contributed by atoms with Gasteiger partial charge in [-0.15, -0.1) is 0 Å². The molecule has 0 unspecified atom stereocenters. The van der Waals surface area contributed by atoms with Crippen LogP contribution in [-0.2, 0) is 17.1 Å². The zero-order valence-corrected chi connectivity index (χ0v) is 13.5. The Morgan fingerprint density at radius 2 is 1.67 bits per heavy atom. The maximum absolute atomic E-state index is 13.2. The van der Waals surface area contributed by atoms with Crippen molar-refractivity contribution in [1.82, 2.24) is 14.6 Å². The van der Waals surface area contributed by atoms with Gasteiger partial charge in [0.1, 0.15) is 6.33 Å². The first-order chi connectivity index (χ1) is 12.5. The number of carbonyl (C=O) groups excluding carboxylic acids is 1. The van der Waals surface area contributed by atoms with Crippen molar-refractivity contribution in [2.45, 2.75) is 19.3 Å². The van der Waals surface area contributed by atoms with Gasteiger partial charge >= 0.3 is 12.4 Å². The second-order valence-electron chi connectivity index (χ2n) is 5.60. The van der Waals surface area contributed by atoms with Crippen LogP contribution in [0.25, 0.3) is 16.9 Å². The molecule has 0 saturated carbocycles. The van der Waals surface area contributed by atoms with Crippen molar-refractivity contribution < 1.29 is 31.1 Å². The highest BCUT2D eigenvalue weighted by molar-refractivity contribution is 5.94. The molecule has 3 rings (SSSR count). The lowest BCUT2D eigenvalue weighted by molar-refractivity contribution is -0.138. The van der Waals surface area contributed by atoms with Crippen LogP contribution in [0.4, 0.5) is 32.0 Å². The molecule has 27 heavy (non-hydrogen) atoms. The lowest BCUT2D eigenvalue weighted by Gasteiger charge is -2.16. The van der Waals surface area contributed by atoms with Crippen molar-refractivity contribution in [3.8, 4) is 11.3 Å². The second kappa shape index (κ2) is 6.25. The van der Waals surface area contributed by atoms with Crippen LogP contribution in [-0.4, -0.2) is 20.5 Å². The molecular formula is C16H10F6N4O. The zero-order chi connectivity index (χ0) is 20.0. The van der Waals surface area contributed by atoms with E-state index < -0.39 is 29.4 Å². The number of halogens is 6. The SMILES string of the molecule is CC(=O)Nc1cc(C(F)(F)F)ccc1-c1cc(C(F)(F)F)cc2ncnn12. The maximum atomic E-state index is 13.2. The molecule has 0 fully saturated rings. The molecule has 11 heteroatoms. The smallest absolute Gasteiger partial charge is 0.326 e. The predicted molar refractivity (Wildman–Crippen MR) is 82.7 cm³/mol. The molecule has 2 heterocycles. The number of fused-ring (bicyclic) bond motifs is 1. The number of carbonyl (C=O) groups is 1. The number of pyridine rings is 1. The van der Waals surface area contributed by atoms with Crippen LogP contribution in [0.1, 0.15) is 18.1 Å². The Morgan fingerprint density at radius 1 is 1.00 bits per heavy atom. The summed E-state index contributed by atoms with van der Waals surface area (Å²) in [5.41, 5.74) is -2.79. The Labute approximate surface area is 147 Å². The predicted octanol–water partition coefficient (Wildman–Crippen LogP) is 4.39. The number of aromatic nitrogens is 3. The molecule has 0 aliphatic carbocycles. The maximum Gasteiger partial charge on any atom is 0.416 e. The minimum absolute atomic E-state index is 0.0696. The summed E-state index contributed by atoms with van der Waals surface area (Å²) in [6.45, 7) is 1.07. The molecule has 0 saturated heterocycles. The van der Waals surface area contributed by atoms with E-state index in [2.05, 4.69) is 15.4 Å². The monoisotopic (exact) mass is 388 g/mol. The largest absolute Gasteiger partial charge is 0.416 e. The van der Waals surface area contributed by atoms with Crippen LogP contribution < -0.4 is 5.32 Å². The van der Waals surface area contributed by atoms with E-state index in [0.717, 1.165) is 36.0 Å². The Morgan fingerprint density at radius 3 is 2.26 bits per heavy atom. The lowest BCUT2D eigenvalue weighted by Crippen LogP contribution is -2.12. The second-order valence-corrected chi connectivity index (χ2v) is 5.60. The van der Waals surface area contributed by atoms with Gasteiger partial charge in [0, 0.05) is 12.5 Å². The number of nitrogens with one attached hydrogen (secondary N) is 1. The summed E-state index contributed by atoms with van der Waals surface area (Å²) in [4.78, 5) is 15.1. The summed E-state index contributed by atoms with van der Waals surface area (Å²) >= 11 is 0. The van der Waals surface area contributed by atoms with Gasteiger partial charge in [-0.3, -0.25) is 4.79 Å². The normalized spacial score (nSPS) is 12.4. The third-order valence-electron chi connectivity index (χ3n) is 3.64. The molecule has 5 nitrogen and oxygen atoms in total. The van der Waals surface area contributed by atoms with Crippen molar-refractivity contribution in [3.63, 3.8) is 0 Å². The van der Waals surface area contributed by atoms with E-state index in [9.17, 15) is 31.1 Å². The van der Waals surface area contributed by atoms with Crippen LogP contribution in [0.3, 0.4) is 0 Å². The molecule has 1 amide bonds. The van der Waals surface area contributed by atoms with Crippen LogP contribution >= 0.6 is 0 Å². The minimum atomic E-state index is -4.71. The molecular weight excluding hydrogens is 378 g/mol. The third kappa shape index (κ3) is 3.71. The Hall–Kier alpha value is -3.11. The molecule has 2 aromatic heterocycles. The number of anilines is 1. The molecule has 0 aliphatic heterocycles. The lowest BCUT2D eigenvalue weighted by atomic mass is 10.0. The number of rotatable bonds is 2. The van der Waals surface area contributed by atoms with E-state index in [1.807, 2.05) is 0 Å². The average molecular weight is 388 g/mol. The van der Waals surface area contributed by atoms with Gasteiger partial charge in [0.25, 0.3) is 0 Å². The fourth-order valence-electron chi connectivity index (χ4n) is 2.52. The quantitative estimate of drug-likeness (QED) is 0.663. The highest BCUT2D eigenvalue weighted by Gasteiger charge is 2.34. The number of alkyl halides is 6. The Bertz CT molecular complexity index is 1020. The van der Waals surface area contributed by atoms with Crippen LogP contribution in [0, 0.1) is 0 Å². The van der Waals surface area contributed by atoms with Crippen LogP contribution in [0.15, 0.2) is 36.7 Å². The molecule has 142 valence electrons. The van der Waals surface area contributed by atoms with Crippen molar-refractivity contribution in [3.05, 3.63) is 47.8 Å². The molecule has 3 aromatic rings. The van der Waals surface area contributed by atoms with Gasteiger partial charge in [-0.25, -0.2) is 9.50 Å². The van der Waals surface area contributed by atoms with E-state index in [1.54, 1.807) is 0 Å². The summed E-state index contributed by atoms with van der Waals surface area (Å²) in [6, 6.07) is 3.84.